The highest BCUT2D eigenvalue weighted by Crippen LogP contribution is 2.21. The van der Waals surface area contributed by atoms with Crippen LogP contribution in [0.3, 0.4) is 0 Å². The second-order valence-electron chi connectivity index (χ2n) is 6.58. The summed E-state index contributed by atoms with van der Waals surface area (Å²) in [6, 6.07) is 9.39. The Labute approximate surface area is 158 Å². The van der Waals surface area contributed by atoms with Gasteiger partial charge in [-0.15, -0.1) is 0 Å². The van der Waals surface area contributed by atoms with Crippen LogP contribution in [0.15, 0.2) is 55.1 Å². The molecule has 7 heteroatoms. The summed E-state index contributed by atoms with van der Waals surface area (Å²) >= 11 is 0. The van der Waals surface area contributed by atoms with Gasteiger partial charge in [-0.05, 0) is 23.8 Å². The molecule has 4 heterocycles. The molecule has 140 valence electrons. The summed E-state index contributed by atoms with van der Waals surface area (Å²) in [5.41, 5.74) is 2.79. The molecule has 0 aromatic carbocycles. The first-order valence-electron chi connectivity index (χ1n) is 9.23. The van der Waals surface area contributed by atoms with Gasteiger partial charge in [0.05, 0.1) is 18.9 Å². The number of nitrogens with one attached hydrogen (secondary N) is 1. The van der Waals surface area contributed by atoms with Crippen molar-refractivity contribution in [2.45, 2.75) is 12.5 Å². The number of imidazole rings is 1. The molecule has 1 atom stereocenters. The number of ether oxygens (including phenoxy) is 1. The second kappa shape index (κ2) is 8.28. The van der Waals surface area contributed by atoms with Gasteiger partial charge in [-0.2, -0.15) is 0 Å². The van der Waals surface area contributed by atoms with Crippen molar-refractivity contribution >= 4 is 11.6 Å². The van der Waals surface area contributed by atoms with Gasteiger partial charge in [-0.3, -0.25) is 14.7 Å². The molecule has 7 nitrogen and oxygen atoms in total. The zero-order chi connectivity index (χ0) is 18.5. The monoisotopic (exact) mass is 365 g/mol. The van der Waals surface area contributed by atoms with Crippen molar-refractivity contribution < 1.29 is 9.53 Å². The molecular formula is C20H23N5O2. The van der Waals surface area contributed by atoms with Crippen molar-refractivity contribution in [1.82, 2.24) is 24.6 Å². The number of morpholine rings is 1. The number of hydrogen-bond acceptors (Lipinski definition) is 5. The highest BCUT2D eigenvalue weighted by Gasteiger charge is 2.29. The number of pyridine rings is 2. The normalized spacial score (nSPS) is 16.3. The Morgan fingerprint density at radius 3 is 2.89 bits per heavy atom. The second-order valence-corrected chi connectivity index (χ2v) is 6.58. The van der Waals surface area contributed by atoms with Gasteiger partial charge < -0.3 is 14.5 Å². The Bertz CT molecular complexity index is 857. The maximum atomic E-state index is 13.0. The van der Waals surface area contributed by atoms with Gasteiger partial charge in [-0.25, -0.2) is 4.98 Å². The molecule has 0 aliphatic carbocycles. The largest absolute Gasteiger partial charge is 0.379 e. The lowest BCUT2D eigenvalue weighted by Crippen LogP contribution is -2.46. The number of amides is 1. The molecule has 1 unspecified atom stereocenters. The van der Waals surface area contributed by atoms with Crippen LogP contribution in [0.2, 0.25) is 0 Å². The Balaban J connectivity index is 1.41. The van der Waals surface area contributed by atoms with E-state index in [1.807, 2.05) is 47.1 Å². The number of carbonyl (C=O) groups is 1. The minimum atomic E-state index is -0.344. The predicted octanol–water partition coefficient (Wildman–Crippen LogP) is 1.46. The Kier molecular flexibility index (Phi) is 5.41. The van der Waals surface area contributed by atoms with Crippen LogP contribution >= 0.6 is 0 Å². The fourth-order valence-corrected chi connectivity index (χ4v) is 3.42. The average Bonchev–Trinajstić information content (AvgIpc) is 3.13. The number of hydrogen-bond donors (Lipinski definition) is 1. The van der Waals surface area contributed by atoms with E-state index in [2.05, 4.69) is 20.2 Å². The molecule has 1 aliphatic heterocycles. The smallest absolute Gasteiger partial charge is 0.242 e. The molecule has 0 spiro atoms. The minimum absolute atomic E-state index is 0.00587. The Hall–Kier alpha value is -2.77. The first-order valence-corrected chi connectivity index (χ1v) is 9.23. The van der Waals surface area contributed by atoms with Crippen LogP contribution < -0.4 is 5.32 Å². The lowest BCUT2D eigenvalue weighted by atomic mass is 10.1. The van der Waals surface area contributed by atoms with Gasteiger partial charge in [-0.1, -0.05) is 12.1 Å². The molecule has 0 saturated carbocycles. The van der Waals surface area contributed by atoms with Gasteiger partial charge >= 0.3 is 0 Å². The van der Waals surface area contributed by atoms with E-state index in [4.69, 9.17) is 4.74 Å². The first-order chi connectivity index (χ1) is 13.3. The van der Waals surface area contributed by atoms with Gasteiger partial charge in [0.15, 0.2) is 0 Å². The number of rotatable bonds is 6. The summed E-state index contributed by atoms with van der Waals surface area (Å²) < 4.78 is 7.42. The summed E-state index contributed by atoms with van der Waals surface area (Å²) in [4.78, 5) is 23.9. The molecule has 0 bridgehead atoms. The van der Waals surface area contributed by atoms with E-state index in [0.29, 0.717) is 26.2 Å². The molecule has 1 saturated heterocycles. The topological polar surface area (TPSA) is 71.8 Å². The molecule has 27 heavy (non-hydrogen) atoms. The number of nitrogens with zero attached hydrogens (tertiary/aromatic N) is 4. The third kappa shape index (κ3) is 4.15. The van der Waals surface area contributed by atoms with E-state index in [0.717, 1.165) is 30.0 Å². The molecule has 3 aromatic rings. The molecule has 1 aliphatic rings. The molecule has 4 rings (SSSR count). The number of fused-ring (bicyclic) bond motifs is 1. The highest BCUT2D eigenvalue weighted by atomic mass is 16.5. The van der Waals surface area contributed by atoms with Crippen molar-refractivity contribution in [1.29, 1.82) is 0 Å². The summed E-state index contributed by atoms with van der Waals surface area (Å²) in [5, 5.41) is 3.07. The van der Waals surface area contributed by atoms with Crippen LogP contribution in [-0.2, 0) is 16.0 Å². The Morgan fingerprint density at radius 1 is 1.22 bits per heavy atom. The van der Waals surface area contributed by atoms with Gasteiger partial charge in [0, 0.05) is 50.8 Å². The molecule has 3 aromatic heterocycles. The van der Waals surface area contributed by atoms with Gasteiger partial charge in [0.25, 0.3) is 0 Å². The summed E-state index contributed by atoms with van der Waals surface area (Å²) in [5.74, 6) is -0.00587. The molecule has 1 amide bonds. The maximum Gasteiger partial charge on any atom is 0.242 e. The fraction of sp³-hybridized carbons (Fsp3) is 0.350. The van der Waals surface area contributed by atoms with Crippen molar-refractivity contribution in [3.63, 3.8) is 0 Å². The van der Waals surface area contributed by atoms with E-state index in [1.54, 1.807) is 12.4 Å². The number of carbonyl (C=O) groups excluding carboxylic acids is 1. The molecule has 1 fully saturated rings. The molecule has 1 N–H and O–H groups in total. The summed E-state index contributed by atoms with van der Waals surface area (Å²) in [6.07, 6.45) is 8.16. The third-order valence-corrected chi connectivity index (χ3v) is 4.75. The van der Waals surface area contributed by atoms with Gasteiger partial charge in [0.2, 0.25) is 5.91 Å². The summed E-state index contributed by atoms with van der Waals surface area (Å²) in [6.45, 7) is 3.30. The van der Waals surface area contributed by atoms with Gasteiger partial charge in [0.1, 0.15) is 11.7 Å². The average molecular weight is 365 g/mol. The zero-order valence-electron chi connectivity index (χ0n) is 15.1. The first kappa shape index (κ1) is 17.6. The van der Waals surface area contributed by atoms with Crippen LogP contribution in [-0.4, -0.2) is 58.0 Å². The van der Waals surface area contributed by atoms with E-state index in [-0.39, 0.29) is 11.9 Å². The van der Waals surface area contributed by atoms with Crippen LogP contribution in [0, 0.1) is 0 Å². The predicted molar refractivity (Wildman–Crippen MR) is 101 cm³/mol. The minimum Gasteiger partial charge on any atom is -0.379 e. The lowest BCUT2D eigenvalue weighted by Gasteiger charge is -2.33. The lowest BCUT2D eigenvalue weighted by molar-refractivity contribution is -0.128. The Morgan fingerprint density at radius 2 is 2.11 bits per heavy atom. The van der Waals surface area contributed by atoms with Crippen LogP contribution in [0.5, 0.6) is 0 Å². The number of aromatic nitrogens is 3. The van der Waals surface area contributed by atoms with Crippen molar-refractivity contribution in [3.8, 4) is 0 Å². The van der Waals surface area contributed by atoms with Crippen LogP contribution in [0.1, 0.15) is 17.3 Å². The van der Waals surface area contributed by atoms with E-state index >= 15 is 0 Å². The standard InChI is InChI=1S/C20H23N5O2/c26-20(22-8-6-17-15-25-9-2-1-5-18(25)23-17)19(16-4-3-7-21-14-16)24-10-12-27-13-11-24/h1-5,7,9,14-15,19H,6,8,10-13H2,(H,22,26). The zero-order valence-corrected chi connectivity index (χ0v) is 15.1. The van der Waals surface area contributed by atoms with Crippen molar-refractivity contribution in [2.75, 3.05) is 32.8 Å². The van der Waals surface area contributed by atoms with Crippen molar-refractivity contribution in [3.05, 3.63) is 66.4 Å². The van der Waals surface area contributed by atoms with E-state index in [9.17, 15) is 4.79 Å². The molecular weight excluding hydrogens is 342 g/mol. The summed E-state index contributed by atoms with van der Waals surface area (Å²) in [7, 11) is 0. The highest BCUT2D eigenvalue weighted by molar-refractivity contribution is 5.83. The maximum absolute atomic E-state index is 13.0. The SMILES string of the molecule is O=C(NCCc1cn2ccccc2n1)C(c1cccnc1)N1CCOCC1. The van der Waals surface area contributed by atoms with E-state index in [1.165, 1.54) is 0 Å². The van der Waals surface area contributed by atoms with E-state index < -0.39 is 0 Å². The third-order valence-electron chi connectivity index (χ3n) is 4.75. The fourth-order valence-electron chi connectivity index (χ4n) is 3.42. The quantitative estimate of drug-likeness (QED) is 0.716. The van der Waals surface area contributed by atoms with Crippen molar-refractivity contribution in [2.24, 2.45) is 0 Å². The van der Waals surface area contributed by atoms with Crippen LogP contribution in [0.4, 0.5) is 0 Å². The molecule has 0 radical (unpaired) electrons. The van der Waals surface area contributed by atoms with Crippen LogP contribution in [0.25, 0.3) is 5.65 Å².